The van der Waals surface area contributed by atoms with Crippen LogP contribution < -0.4 is 0 Å². The predicted molar refractivity (Wildman–Crippen MR) is 59.5 cm³/mol. The Kier molecular flexibility index (Phi) is 2.38. The largest absolute Gasteiger partial charge is 0.144 e. The summed E-state index contributed by atoms with van der Waals surface area (Å²) in [5.41, 5.74) is 2.40. The van der Waals surface area contributed by atoms with Crippen LogP contribution in [0.25, 0.3) is 10.4 Å². The molecule has 0 radical (unpaired) electrons. The second-order valence-corrected chi connectivity index (χ2v) is 4.26. The van der Waals surface area contributed by atoms with Crippen LogP contribution >= 0.6 is 22.9 Å². The number of benzene rings is 1. The molecule has 0 aliphatic carbocycles. The maximum Gasteiger partial charge on any atom is 0.0495 e. The summed E-state index contributed by atoms with van der Waals surface area (Å²) in [7, 11) is 0. The van der Waals surface area contributed by atoms with Gasteiger partial charge in [0.2, 0.25) is 0 Å². The average Bonchev–Trinajstić information content (AvgIpc) is 2.57. The number of hydrogen-bond acceptors (Lipinski definition) is 1. The van der Waals surface area contributed by atoms with Crippen molar-refractivity contribution < 1.29 is 0 Å². The van der Waals surface area contributed by atoms with Crippen molar-refractivity contribution in [3.05, 3.63) is 46.3 Å². The summed E-state index contributed by atoms with van der Waals surface area (Å²) >= 11 is 7.85. The summed E-state index contributed by atoms with van der Waals surface area (Å²) in [6.07, 6.45) is 0. The minimum absolute atomic E-state index is 0.836. The van der Waals surface area contributed by atoms with Crippen LogP contribution in [0.15, 0.2) is 35.7 Å². The highest BCUT2D eigenvalue weighted by Crippen LogP contribution is 2.33. The first kappa shape index (κ1) is 8.79. The van der Waals surface area contributed by atoms with Crippen LogP contribution in [0.1, 0.15) is 5.56 Å². The third kappa shape index (κ3) is 1.62. The van der Waals surface area contributed by atoms with Crippen LogP contribution in [0.4, 0.5) is 0 Å². The topological polar surface area (TPSA) is 0 Å². The molecule has 0 fully saturated rings. The number of hydrogen-bond donors (Lipinski definition) is 0. The summed E-state index contributed by atoms with van der Waals surface area (Å²) in [6.45, 7) is 2.08. The lowest BCUT2D eigenvalue weighted by Crippen LogP contribution is -1.80. The van der Waals surface area contributed by atoms with Crippen molar-refractivity contribution in [2.45, 2.75) is 6.92 Å². The van der Waals surface area contributed by atoms with Crippen molar-refractivity contribution in [1.29, 1.82) is 0 Å². The summed E-state index contributed by atoms with van der Waals surface area (Å²) in [6, 6.07) is 10.1. The Bertz CT molecular complexity index is 384. The maximum atomic E-state index is 6.13. The van der Waals surface area contributed by atoms with Crippen LogP contribution in [0, 0.1) is 6.92 Å². The molecule has 0 bridgehead atoms. The molecule has 0 nitrogen and oxygen atoms in total. The lowest BCUT2D eigenvalue weighted by atomic mass is 10.1. The maximum absolute atomic E-state index is 6.13. The zero-order chi connectivity index (χ0) is 9.26. The van der Waals surface area contributed by atoms with E-state index in [0.29, 0.717) is 0 Å². The first-order chi connectivity index (χ1) is 6.29. The molecule has 2 rings (SSSR count). The van der Waals surface area contributed by atoms with Crippen molar-refractivity contribution in [2.75, 3.05) is 0 Å². The SMILES string of the molecule is Cc1cccc(Cl)c1-c1cccs1. The first-order valence-electron chi connectivity index (χ1n) is 4.08. The van der Waals surface area contributed by atoms with Gasteiger partial charge in [-0.1, -0.05) is 29.8 Å². The van der Waals surface area contributed by atoms with Crippen LogP contribution in [-0.4, -0.2) is 0 Å². The highest BCUT2D eigenvalue weighted by molar-refractivity contribution is 7.13. The Morgan fingerprint density at radius 2 is 2.00 bits per heavy atom. The van der Waals surface area contributed by atoms with Gasteiger partial charge in [0.15, 0.2) is 0 Å². The summed E-state index contributed by atoms with van der Waals surface area (Å²) in [5, 5.41) is 2.90. The average molecular weight is 209 g/mol. The quantitative estimate of drug-likeness (QED) is 0.653. The molecule has 0 aliphatic rings. The van der Waals surface area contributed by atoms with E-state index in [9.17, 15) is 0 Å². The van der Waals surface area contributed by atoms with Crippen molar-refractivity contribution >= 4 is 22.9 Å². The molecule has 0 aliphatic heterocycles. The van der Waals surface area contributed by atoms with Crippen molar-refractivity contribution in [1.82, 2.24) is 0 Å². The minimum Gasteiger partial charge on any atom is -0.144 e. The molecule has 0 saturated carbocycles. The molecule has 0 atom stereocenters. The Balaban J connectivity index is 2.64. The third-order valence-electron chi connectivity index (χ3n) is 1.99. The number of halogens is 1. The Hall–Kier alpha value is -0.790. The van der Waals surface area contributed by atoms with E-state index in [1.165, 1.54) is 16.0 Å². The fourth-order valence-corrected chi connectivity index (χ4v) is 2.59. The lowest BCUT2D eigenvalue weighted by Gasteiger charge is -2.04. The summed E-state index contributed by atoms with van der Waals surface area (Å²) < 4.78 is 0. The van der Waals surface area contributed by atoms with Gasteiger partial charge in [-0.15, -0.1) is 11.3 Å². The summed E-state index contributed by atoms with van der Waals surface area (Å²) in [4.78, 5) is 1.24. The van der Waals surface area contributed by atoms with E-state index in [2.05, 4.69) is 24.4 Å². The van der Waals surface area contributed by atoms with Gasteiger partial charge in [0.05, 0.1) is 0 Å². The van der Waals surface area contributed by atoms with Gasteiger partial charge in [0.1, 0.15) is 0 Å². The van der Waals surface area contributed by atoms with Gasteiger partial charge in [-0.25, -0.2) is 0 Å². The van der Waals surface area contributed by atoms with E-state index < -0.39 is 0 Å². The highest BCUT2D eigenvalue weighted by Gasteiger charge is 2.06. The van der Waals surface area contributed by atoms with E-state index in [1.54, 1.807) is 11.3 Å². The second-order valence-electron chi connectivity index (χ2n) is 2.91. The van der Waals surface area contributed by atoms with Gasteiger partial charge >= 0.3 is 0 Å². The number of aryl methyl sites for hydroxylation is 1. The molecular weight excluding hydrogens is 200 g/mol. The summed E-state index contributed by atoms with van der Waals surface area (Å²) in [5.74, 6) is 0. The zero-order valence-electron chi connectivity index (χ0n) is 7.25. The Morgan fingerprint density at radius 1 is 1.15 bits per heavy atom. The molecule has 2 aromatic rings. The fraction of sp³-hybridized carbons (Fsp3) is 0.0909. The number of thiophene rings is 1. The molecular formula is C11H9ClS. The van der Waals surface area contributed by atoms with Crippen molar-refractivity contribution in [3.63, 3.8) is 0 Å². The molecule has 0 saturated heterocycles. The first-order valence-corrected chi connectivity index (χ1v) is 5.34. The molecule has 1 aromatic carbocycles. The van der Waals surface area contributed by atoms with Crippen molar-refractivity contribution in [2.24, 2.45) is 0 Å². The van der Waals surface area contributed by atoms with Gasteiger partial charge in [0, 0.05) is 15.5 Å². The van der Waals surface area contributed by atoms with Gasteiger partial charge in [0.25, 0.3) is 0 Å². The number of rotatable bonds is 1. The smallest absolute Gasteiger partial charge is 0.0495 e. The van der Waals surface area contributed by atoms with Crippen LogP contribution in [0.3, 0.4) is 0 Å². The lowest BCUT2D eigenvalue weighted by molar-refractivity contribution is 1.48. The third-order valence-corrected chi connectivity index (χ3v) is 3.19. The minimum atomic E-state index is 0.836. The monoisotopic (exact) mass is 208 g/mol. The fourth-order valence-electron chi connectivity index (χ4n) is 1.36. The molecule has 13 heavy (non-hydrogen) atoms. The normalized spacial score (nSPS) is 10.3. The van der Waals surface area contributed by atoms with E-state index >= 15 is 0 Å². The molecule has 1 aromatic heterocycles. The van der Waals surface area contributed by atoms with E-state index in [1.807, 2.05) is 18.2 Å². The molecule has 0 unspecified atom stereocenters. The van der Waals surface area contributed by atoms with Gasteiger partial charge in [-0.2, -0.15) is 0 Å². The molecule has 1 heterocycles. The second kappa shape index (κ2) is 3.52. The van der Waals surface area contributed by atoms with Crippen LogP contribution in [0.2, 0.25) is 5.02 Å². The Morgan fingerprint density at radius 3 is 2.62 bits per heavy atom. The predicted octanol–water partition coefficient (Wildman–Crippen LogP) is 4.38. The van der Waals surface area contributed by atoms with E-state index in [-0.39, 0.29) is 0 Å². The molecule has 0 spiro atoms. The standard InChI is InChI=1S/C11H9ClS/c1-8-4-2-5-9(12)11(8)10-6-3-7-13-10/h2-7H,1H3. The van der Waals surface area contributed by atoms with Crippen molar-refractivity contribution in [3.8, 4) is 10.4 Å². The molecule has 0 amide bonds. The van der Waals surface area contributed by atoms with Crippen LogP contribution in [-0.2, 0) is 0 Å². The van der Waals surface area contributed by atoms with Gasteiger partial charge < -0.3 is 0 Å². The van der Waals surface area contributed by atoms with E-state index in [0.717, 1.165) is 5.02 Å². The van der Waals surface area contributed by atoms with E-state index in [4.69, 9.17) is 11.6 Å². The van der Waals surface area contributed by atoms with Gasteiger partial charge in [-0.3, -0.25) is 0 Å². The molecule has 0 N–H and O–H groups in total. The molecule has 2 heteroatoms. The molecule has 66 valence electrons. The van der Waals surface area contributed by atoms with Crippen LogP contribution in [0.5, 0.6) is 0 Å². The zero-order valence-corrected chi connectivity index (χ0v) is 8.82. The van der Waals surface area contributed by atoms with Gasteiger partial charge in [-0.05, 0) is 30.0 Å². The highest BCUT2D eigenvalue weighted by atomic mass is 35.5. The Labute approximate surface area is 86.8 Å².